The van der Waals surface area contributed by atoms with Gasteiger partial charge in [0.05, 0.1) is 6.21 Å². The van der Waals surface area contributed by atoms with E-state index in [4.69, 9.17) is 0 Å². The second kappa shape index (κ2) is 7.48. The highest BCUT2D eigenvalue weighted by Crippen LogP contribution is 2.20. The van der Waals surface area contributed by atoms with Crippen LogP contribution in [0.1, 0.15) is 11.1 Å². The van der Waals surface area contributed by atoms with Gasteiger partial charge in [-0.2, -0.15) is 10.1 Å². The van der Waals surface area contributed by atoms with Gasteiger partial charge in [0.25, 0.3) is 0 Å². The molecule has 0 aliphatic heterocycles. The number of nitrogens with one attached hydrogen (secondary N) is 2. The lowest BCUT2D eigenvalue weighted by Gasteiger charge is -2.09. The fraction of sp³-hybridized carbons (Fsp3) is 0.0556. The molecule has 0 aliphatic carbocycles. The van der Waals surface area contributed by atoms with E-state index in [0.717, 1.165) is 5.56 Å². The van der Waals surface area contributed by atoms with E-state index in [-0.39, 0.29) is 11.4 Å². The van der Waals surface area contributed by atoms with Crippen molar-refractivity contribution in [1.29, 1.82) is 0 Å². The molecule has 2 aromatic heterocycles. The number of rotatable bonds is 6. The molecule has 2 aromatic carbocycles. The Balaban J connectivity index is 1.57. The first-order chi connectivity index (χ1) is 13.3. The third-order valence-electron chi connectivity index (χ3n) is 3.73. The van der Waals surface area contributed by atoms with E-state index < -0.39 is 0 Å². The topological polar surface area (TPSA) is 121 Å². The number of phenolic OH excluding ortho intramolecular Hbond substituents is 1. The summed E-state index contributed by atoms with van der Waals surface area (Å²) in [7, 11) is 0. The third-order valence-corrected chi connectivity index (χ3v) is 3.73. The zero-order valence-electron chi connectivity index (χ0n) is 14.1. The minimum Gasteiger partial charge on any atom is -0.507 e. The molecule has 0 saturated carbocycles. The standard InChI is InChI=1S/C18H15N7O2/c26-14-9-5-4-8-13(14)11-20-23-16-15(19-10-12-6-2-1-3-7-12)21-17-18(22-16)25-27-24-17/h1-9,11,26H,10H2,(H,19,21,24)(H,22,23,25). The molecule has 9 nitrogen and oxygen atoms in total. The number of nitrogens with zero attached hydrogens (tertiary/aromatic N) is 5. The van der Waals surface area contributed by atoms with Crippen LogP contribution in [0.25, 0.3) is 11.3 Å². The number of para-hydroxylation sites is 1. The van der Waals surface area contributed by atoms with E-state index in [1.54, 1.807) is 24.3 Å². The molecule has 0 saturated heterocycles. The summed E-state index contributed by atoms with van der Waals surface area (Å²) in [6.07, 6.45) is 1.49. The maximum absolute atomic E-state index is 9.80. The summed E-state index contributed by atoms with van der Waals surface area (Å²) >= 11 is 0. The van der Waals surface area contributed by atoms with Crippen LogP contribution in [0.3, 0.4) is 0 Å². The molecule has 4 rings (SSSR count). The first-order valence-corrected chi connectivity index (χ1v) is 8.15. The molecule has 0 amide bonds. The lowest BCUT2D eigenvalue weighted by molar-refractivity contribution is 0.314. The summed E-state index contributed by atoms with van der Waals surface area (Å²) in [6.45, 7) is 0.546. The van der Waals surface area contributed by atoms with Gasteiger partial charge in [-0.05, 0) is 28.0 Å². The molecule has 2 heterocycles. The maximum Gasteiger partial charge on any atom is 0.245 e. The van der Waals surface area contributed by atoms with E-state index in [1.165, 1.54) is 6.21 Å². The predicted molar refractivity (Wildman–Crippen MR) is 100 cm³/mol. The Morgan fingerprint density at radius 3 is 2.41 bits per heavy atom. The average molecular weight is 361 g/mol. The number of phenols is 1. The zero-order valence-corrected chi connectivity index (χ0v) is 14.1. The van der Waals surface area contributed by atoms with Gasteiger partial charge in [-0.3, -0.25) is 5.43 Å². The second-order valence-corrected chi connectivity index (χ2v) is 5.60. The van der Waals surface area contributed by atoms with Gasteiger partial charge in [0.15, 0.2) is 11.6 Å². The SMILES string of the molecule is Oc1ccccc1C=NNc1nc2nonc2nc1NCc1ccccc1. The number of hydrogen-bond acceptors (Lipinski definition) is 9. The zero-order chi connectivity index (χ0) is 18.5. The van der Waals surface area contributed by atoms with Gasteiger partial charge in [-0.25, -0.2) is 9.61 Å². The van der Waals surface area contributed by atoms with E-state index in [0.29, 0.717) is 29.4 Å². The van der Waals surface area contributed by atoms with E-state index in [2.05, 4.69) is 40.8 Å². The van der Waals surface area contributed by atoms with Crippen molar-refractivity contribution >= 4 is 29.1 Å². The van der Waals surface area contributed by atoms with Gasteiger partial charge in [0.2, 0.25) is 11.3 Å². The van der Waals surface area contributed by atoms with E-state index in [9.17, 15) is 5.11 Å². The molecule has 0 fully saturated rings. The average Bonchev–Trinajstić information content (AvgIpc) is 3.15. The molecular weight excluding hydrogens is 346 g/mol. The molecule has 0 spiro atoms. The summed E-state index contributed by atoms with van der Waals surface area (Å²) in [5.74, 6) is 0.949. The fourth-order valence-corrected chi connectivity index (χ4v) is 2.38. The molecule has 3 N–H and O–H groups in total. The Labute approximate surface area is 153 Å². The van der Waals surface area contributed by atoms with Crippen molar-refractivity contribution in [2.45, 2.75) is 6.54 Å². The molecule has 0 atom stereocenters. The van der Waals surface area contributed by atoms with Crippen molar-refractivity contribution in [2.75, 3.05) is 10.7 Å². The Hall–Kier alpha value is -4.01. The molecule has 0 unspecified atom stereocenters. The van der Waals surface area contributed by atoms with Crippen LogP contribution in [0.5, 0.6) is 5.75 Å². The fourth-order valence-electron chi connectivity index (χ4n) is 2.38. The second-order valence-electron chi connectivity index (χ2n) is 5.60. The molecule has 9 heteroatoms. The van der Waals surface area contributed by atoms with E-state index >= 15 is 0 Å². The van der Waals surface area contributed by atoms with E-state index in [1.807, 2.05) is 30.3 Å². The van der Waals surface area contributed by atoms with Gasteiger partial charge in [0.1, 0.15) is 5.75 Å². The number of fused-ring (bicyclic) bond motifs is 1. The Kier molecular flexibility index (Phi) is 4.56. The predicted octanol–water partition coefficient (Wildman–Crippen LogP) is 2.78. The number of aromatic hydroxyl groups is 1. The molecule has 134 valence electrons. The Morgan fingerprint density at radius 1 is 0.926 bits per heavy atom. The summed E-state index contributed by atoms with van der Waals surface area (Å²) in [5, 5.41) is 24.5. The number of anilines is 2. The highest BCUT2D eigenvalue weighted by atomic mass is 16.6. The monoisotopic (exact) mass is 361 g/mol. The van der Waals surface area contributed by atoms with Gasteiger partial charge in [0, 0.05) is 12.1 Å². The molecule has 27 heavy (non-hydrogen) atoms. The minimum absolute atomic E-state index is 0.132. The lowest BCUT2D eigenvalue weighted by atomic mass is 10.2. The van der Waals surface area contributed by atoms with Crippen molar-refractivity contribution in [3.05, 3.63) is 65.7 Å². The van der Waals surface area contributed by atoms with Crippen molar-refractivity contribution in [3.63, 3.8) is 0 Å². The maximum atomic E-state index is 9.80. The molecule has 0 bridgehead atoms. The van der Waals surface area contributed by atoms with Crippen LogP contribution >= 0.6 is 0 Å². The summed E-state index contributed by atoms with van der Waals surface area (Å²) in [5.41, 5.74) is 5.03. The van der Waals surface area contributed by atoms with Gasteiger partial charge >= 0.3 is 0 Å². The highest BCUT2D eigenvalue weighted by molar-refractivity contribution is 5.84. The number of aromatic nitrogens is 4. The van der Waals surface area contributed by atoms with Crippen LogP contribution in [-0.4, -0.2) is 31.6 Å². The van der Waals surface area contributed by atoms with Crippen LogP contribution in [0.15, 0.2) is 64.3 Å². The van der Waals surface area contributed by atoms with Crippen molar-refractivity contribution in [3.8, 4) is 5.75 Å². The van der Waals surface area contributed by atoms with Gasteiger partial charge < -0.3 is 10.4 Å². The number of hydrogen-bond donors (Lipinski definition) is 3. The van der Waals surface area contributed by atoms with Crippen molar-refractivity contribution in [2.24, 2.45) is 5.10 Å². The van der Waals surface area contributed by atoms with Crippen LogP contribution in [0.2, 0.25) is 0 Å². The summed E-state index contributed by atoms with van der Waals surface area (Å²) < 4.78 is 4.68. The molecule has 4 aromatic rings. The molecule has 0 aliphatic rings. The lowest BCUT2D eigenvalue weighted by Crippen LogP contribution is -2.07. The first-order valence-electron chi connectivity index (χ1n) is 8.15. The molecular formula is C18H15N7O2. The van der Waals surface area contributed by atoms with Crippen molar-refractivity contribution < 1.29 is 9.74 Å². The highest BCUT2D eigenvalue weighted by Gasteiger charge is 2.12. The van der Waals surface area contributed by atoms with Gasteiger partial charge in [-0.15, -0.1) is 0 Å². The van der Waals surface area contributed by atoms with Crippen molar-refractivity contribution in [1.82, 2.24) is 20.3 Å². The Bertz CT molecular complexity index is 1080. The molecule has 0 radical (unpaired) electrons. The minimum atomic E-state index is 0.132. The smallest absolute Gasteiger partial charge is 0.245 e. The van der Waals surface area contributed by atoms with Crippen LogP contribution in [0.4, 0.5) is 11.6 Å². The Morgan fingerprint density at radius 2 is 1.63 bits per heavy atom. The van der Waals surface area contributed by atoms with Crippen LogP contribution in [-0.2, 0) is 6.54 Å². The normalized spacial score (nSPS) is 11.1. The quantitative estimate of drug-likeness (QED) is 0.354. The summed E-state index contributed by atoms with van der Waals surface area (Å²) in [6, 6.07) is 16.7. The van der Waals surface area contributed by atoms with Crippen LogP contribution in [0, 0.1) is 0 Å². The largest absolute Gasteiger partial charge is 0.507 e. The van der Waals surface area contributed by atoms with Gasteiger partial charge in [-0.1, -0.05) is 42.5 Å². The van der Waals surface area contributed by atoms with Crippen LogP contribution < -0.4 is 10.7 Å². The number of hydrazone groups is 1. The number of benzene rings is 2. The first kappa shape index (κ1) is 16.5. The summed E-state index contributed by atoms with van der Waals surface area (Å²) in [4.78, 5) is 8.69. The third kappa shape index (κ3) is 3.82.